The summed E-state index contributed by atoms with van der Waals surface area (Å²) < 4.78 is 15.1. The molecule has 5 rings (SSSR count). The molecular weight excluding hydrogens is 407 g/mol. The lowest BCUT2D eigenvalue weighted by Gasteiger charge is -2.35. The van der Waals surface area contributed by atoms with Crippen molar-refractivity contribution in [2.45, 2.75) is 39.2 Å². The van der Waals surface area contributed by atoms with Crippen LogP contribution in [0.2, 0.25) is 0 Å². The van der Waals surface area contributed by atoms with E-state index in [-0.39, 0.29) is 11.9 Å². The van der Waals surface area contributed by atoms with E-state index in [4.69, 9.17) is 16.0 Å². The zero-order valence-electron chi connectivity index (χ0n) is 18.1. The van der Waals surface area contributed by atoms with Crippen LogP contribution in [0.4, 0.5) is 15.9 Å². The Balaban J connectivity index is 0.000000775. The second-order valence-corrected chi connectivity index (χ2v) is 7.79. The lowest BCUT2D eigenvalue weighted by molar-refractivity contribution is 0.628. The summed E-state index contributed by atoms with van der Waals surface area (Å²) in [4.78, 5) is 20.6. The summed E-state index contributed by atoms with van der Waals surface area (Å²) in [5, 5.41) is 7.32. The van der Waals surface area contributed by atoms with E-state index < -0.39 is 0 Å². The standard InChI is InChI=1S/C21H22FN7.C2H3N/c1-2-17-18(23)26-16-11-25-21(27-20(16)29(17)12-13-3-4-13)28-10-9-24-19(28)14-5-7-15(22)8-6-14;1-2-3/h5-11,13,17H,2-4,12H2,1H3,(H2,23,26);1H3/t17-;/m1./s1. The first-order chi connectivity index (χ1) is 15.5. The van der Waals surface area contributed by atoms with Crippen molar-refractivity contribution < 1.29 is 4.39 Å². The fourth-order valence-corrected chi connectivity index (χ4v) is 3.78. The van der Waals surface area contributed by atoms with Gasteiger partial charge in [0, 0.05) is 31.4 Å². The zero-order valence-corrected chi connectivity index (χ0v) is 18.1. The molecule has 8 nitrogen and oxygen atoms in total. The number of nitrogens with two attached hydrogens (primary N) is 1. The fraction of sp³-hybridized carbons (Fsp3) is 0.348. The largest absolute Gasteiger partial charge is 0.385 e. The van der Waals surface area contributed by atoms with Gasteiger partial charge in [0.2, 0.25) is 5.95 Å². The maximum Gasteiger partial charge on any atom is 0.237 e. The molecule has 0 saturated heterocycles. The Bertz CT molecular complexity index is 1160. The Morgan fingerprint density at radius 1 is 1.22 bits per heavy atom. The van der Waals surface area contributed by atoms with Crippen molar-refractivity contribution in [1.82, 2.24) is 19.5 Å². The normalized spacial score (nSPS) is 17.0. The highest BCUT2D eigenvalue weighted by Crippen LogP contribution is 2.38. The minimum absolute atomic E-state index is 0.0465. The van der Waals surface area contributed by atoms with Crippen molar-refractivity contribution in [3.8, 4) is 23.4 Å². The number of rotatable bonds is 5. The number of hydrogen-bond acceptors (Lipinski definition) is 7. The van der Waals surface area contributed by atoms with E-state index in [1.807, 2.05) is 10.8 Å². The van der Waals surface area contributed by atoms with E-state index >= 15 is 0 Å². The summed E-state index contributed by atoms with van der Waals surface area (Å²) in [7, 11) is 0. The number of nitriles is 1. The zero-order chi connectivity index (χ0) is 22.7. The van der Waals surface area contributed by atoms with Crippen LogP contribution >= 0.6 is 0 Å². The molecule has 0 unspecified atom stereocenters. The third kappa shape index (κ3) is 4.30. The molecule has 0 bridgehead atoms. The molecular formula is C23H25FN8. The van der Waals surface area contributed by atoms with Crippen molar-refractivity contribution in [2.24, 2.45) is 16.6 Å². The van der Waals surface area contributed by atoms with Gasteiger partial charge in [0.15, 0.2) is 5.82 Å². The van der Waals surface area contributed by atoms with Crippen LogP contribution in [-0.2, 0) is 0 Å². The van der Waals surface area contributed by atoms with E-state index in [9.17, 15) is 4.39 Å². The number of hydrogen-bond donors (Lipinski definition) is 1. The van der Waals surface area contributed by atoms with E-state index in [0.717, 1.165) is 24.3 Å². The number of aliphatic imine (C=N–C) groups is 1. The lowest BCUT2D eigenvalue weighted by atomic mass is 10.1. The molecule has 0 radical (unpaired) electrons. The highest BCUT2D eigenvalue weighted by molar-refractivity contribution is 5.95. The van der Waals surface area contributed by atoms with E-state index in [1.54, 1.807) is 30.6 Å². The first kappa shape index (κ1) is 21.4. The second-order valence-electron chi connectivity index (χ2n) is 7.79. The average Bonchev–Trinajstić information content (AvgIpc) is 3.47. The summed E-state index contributed by atoms with van der Waals surface area (Å²) >= 11 is 0. The fourth-order valence-electron chi connectivity index (χ4n) is 3.78. The van der Waals surface area contributed by atoms with Gasteiger partial charge in [-0.3, -0.25) is 4.57 Å². The SMILES string of the molecule is CC#N.CC[C@@H]1C(N)=Nc2cnc(-n3ccnc3-c3ccc(F)cc3)nc2N1CC1CC1. The number of benzene rings is 1. The number of imidazole rings is 1. The van der Waals surface area contributed by atoms with Gasteiger partial charge in [0.25, 0.3) is 0 Å². The molecule has 0 amide bonds. The minimum atomic E-state index is -0.284. The van der Waals surface area contributed by atoms with Crippen molar-refractivity contribution >= 4 is 17.3 Å². The highest BCUT2D eigenvalue weighted by atomic mass is 19.1. The van der Waals surface area contributed by atoms with E-state index in [2.05, 4.69) is 26.8 Å². The molecule has 1 aromatic carbocycles. The summed E-state index contributed by atoms with van der Waals surface area (Å²) in [6, 6.07) is 8.03. The van der Waals surface area contributed by atoms with Gasteiger partial charge in [-0.15, -0.1) is 0 Å². The van der Waals surface area contributed by atoms with Gasteiger partial charge in [-0.1, -0.05) is 6.92 Å². The first-order valence-electron chi connectivity index (χ1n) is 10.6. The van der Waals surface area contributed by atoms with Crippen LogP contribution in [0.15, 0.2) is 47.8 Å². The Hall–Kier alpha value is -3.80. The van der Waals surface area contributed by atoms with Gasteiger partial charge >= 0.3 is 0 Å². The van der Waals surface area contributed by atoms with Gasteiger partial charge in [-0.25, -0.2) is 19.4 Å². The van der Waals surface area contributed by atoms with Crippen LogP contribution in [0.5, 0.6) is 0 Å². The predicted molar refractivity (Wildman–Crippen MR) is 121 cm³/mol. The molecule has 3 heterocycles. The number of aromatic nitrogens is 4. The predicted octanol–water partition coefficient (Wildman–Crippen LogP) is 4.00. The molecule has 3 aromatic rings. The van der Waals surface area contributed by atoms with Crippen molar-refractivity contribution in [3.63, 3.8) is 0 Å². The Morgan fingerprint density at radius 2 is 1.94 bits per heavy atom. The maximum atomic E-state index is 13.3. The van der Waals surface area contributed by atoms with Crippen LogP contribution in [0.1, 0.15) is 33.1 Å². The van der Waals surface area contributed by atoms with Crippen LogP contribution in [0.25, 0.3) is 17.3 Å². The van der Waals surface area contributed by atoms with Gasteiger partial charge in [-0.2, -0.15) is 10.2 Å². The molecule has 9 heteroatoms. The number of fused-ring (bicyclic) bond motifs is 1. The Kier molecular flexibility index (Phi) is 6.12. The Morgan fingerprint density at radius 3 is 2.59 bits per heavy atom. The van der Waals surface area contributed by atoms with Crippen LogP contribution in [0.3, 0.4) is 0 Å². The number of nitrogens with zero attached hydrogens (tertiary/aromatic N) is 7. The van der Waals surface area contributed by atoms with Crippen molar-refractivity contribution in [2.75, 3.05) is 11.4 Å². The van der Waals surface area contributed by atoms with Crippen LogP contribution in [0, 0.1) is 23.1 Å². The molecule has 1 aliphatic heterocycles. The minimum Gasteiger partial charge on any atom is -0.385 e. The van der Waals surface area contributed by atoms with Gasteiger partial charge < -0.3 is 10.6 Å². The maximum absolute atomic E-state index is 13.3. The molecule has 1 aliphatic carbocycles. The molecule has 1 saturated carbocycles. The lowest BCUT2D eigenvalue weighted by Crippen LogP contribution is -2.48. The van der Waals surface area contributed by atoms with E-state index in [1.165, 1.54) is 31.9 Å². The Labute approximate surface area is 186 Å². The molecule has 2 aliphatic rings. The highest BCUT2D eigenvalue weighted by Gasteiger charge is 2.34. The van der Waals surface area contributed by atoms with Gasteiger partial charge in [0.1, 0.15) is 23.2 Å². The molecule has 2 N–H and O–H groups in total. The number of amidine groups is 1. The molecule has 0 spiro atoms. The van der Waals surface area contributed by atoms with Crippen molar-refractivity contribution in [1.29, 1.82) is 5.26 Å². The monoisotopic (exact) mass is 432 g/mol. The summed E-state index contributed by atoms with van der Waals surface area (Å²) in [6.07, 6.45) is 8.57. The molecule has 1 fully saturated rings. The molecule has 1 atom stereocenters. The van der Waals surface area contributed by atoms with E-state index in [0.29, 0.717) is 29.2 Å². The van der Waals surface area contributed by atoms with Crippen molar-refractivity contribution in [3.05, 3.63) is 48.7 Å². The third-order valence-corrected chi connectivity index (χ3v) is 5.47. The quantitative estimate of drug-likeness (QED) is 0.653. The van der Waals surface area contributed by atoms with Crippen LogP contribution < -0.4 is 10.6 Å². The number of anilines is 1. The average molecular weight is 433 g/mol. The summed E-state index contributed by atoms with van der Waals surface area (Å²) in [6.45, 7) is 4.47. The molecule has 32 heavy (non-hydrogen) atoms. The molecule has 2 aromatic heterocycles. The van der Waals surface area contributed by atoms with Gasteiger partial charge in [0.05, 0.1) is 18.3 Å². The molecule has 164 valence electrons. The summed E-state index contributed by atoms with van der Waals surface area (Å²) in [5.41, 5.74) is 7.73. The smallest absolute Gasteiger partial charge is 0.237 e. The topological polar surface area (TPSA) is 109 Å². The third-order valence-electron chi connectivity index (χ3n) is 5.47. The second kappa shape index (κ2) is 9.14. The number of halogens is 1. The first-order valence-corrected chi connectivity index (χ1v) is 10.6. The summed E-state index contributed by atoms with van der Waals surface area (Å²) in [5.74, 6) is 2.99. The van der Waals surface area contributed by atoms with Crippen LogP contribution in [-0.4, -0.2) is 37.9 Å². The van der Waals surface area contributed by atoms with Gasteiger partial charge in [-0.05, 0) is 49.4 Å².